The first kappa shape index (κ1) is 14.5. The van der Waals surface area contributed by atoms with E-state index >= 15 is 0 Å². The van der Waals surface area contributed by atoms with E-state index in [0.29, 0.717) is 13.1 Å². The number of carbonyl (C=O) groups is 2. The molecule has 0 aromatic carbocycles. The van der Waals surface area contributed by atoms with Crippen molar-refractivity contribution in [2.45, 2.75) is 33.2 Å². The lowest BCUT2D eigenvalue weighted by Gasteiger charge is -2.23. The molecule has 0 saturated carbocycles. The first-order valence-corrected chi connectivity index (χ1v) is 5.28. The van der Waals surface area contributed by atoms with Gasteiger partial charge in [-0.2, -0.15) is 0 Å². The molecule has 5 nitrogen and oxygen atoms in total. The number of likely N-dealkylation sites (N-methyl/N-ethyl adjacent to an activating group) is 1. The maximum absolute atomic E-state index is 11.7. The van der Waals surface area contributed by atoms with Crippen LogP contribution in [-0.2, 0) is 4.79 Å². The molecule has 0 aliphatic heterocycles. The van der Waals surface area contributed by atoms with Crippen molar-refractivity contribution in [2.24, 2.45) is 0 Å². The molecule has 0 bridgehead atoms. The fraction of sp³-hybridized carbons (Fsp3) is 0.636. The number of nitrogens with one attached hydrogen (secondary N) is 1. The van der Waals surface area contributed by atoms with Gasteiger partial charge in [0.05, 0.1) is 6.42 Å². The topological polar surface area (TPSA) is 69.6 Å². The Morgan fingerprint density at radius 1 is 1.50 bits per heavy atom. The summed E-state index contributed by atoms with van der Waals surface area (Å²) < 4.78 is 0. The van der Waals surface area contributed by atoms with Gasteiger partial charge in [-0.3, -0.25) is 4.79 Å². The number of hydrogen-bond donors (Lipinski definition) is 2. The molecule has 0 aliphatic carbocycles. The maximum atomic E-state index is 11.7. The van der Waals surface area contributed by atoms with Crippen molar-refractivity contribution in [3.8, 4) is 0 Å². The van der Waals surface area contributed by atoms with Gasteiger partial charge in [-0.15, -0.1) is 0 Å². The molecule has 1 unspecified atom stereocenters. The molecule has 2 N–H and O–H groups in total. The van der Waals surface area contributed by atoms with Crippen molar-refractivity contribution in [3.05, 3.63) is 12.2 Å². The molecule has 1 atom stereocenters. The number of aliphatic carboxylic acids is 1. The SMILES string of the molecule is C=C(C)CN(CC)C(=O)NC(C)CC(=O)O. The number of carbonyl (C=O) groups excluding carboxylic acids is 1. The molecule has 0 radical (unpaired) electrons. The second kappa shape index (κ2) is 6.87. The summed E-state index contributed by atoms with van der Waals surface area (Å²) in [5, 5.41) is 11.2. The van der Waals surface area contributed by atoms with E-state index in [-0.39, 0.29) is 18.5 Å². The fourth-order valence-corrected chi connectivity index (χ4v) is 1.27. The number of amides is 2. The fourth-order valence-electron chi connectivity index (χ4n) is 1.27. The zero-order valence-electron chi connectivity index (χ0n) is 10.1. The Morgan fingerprint density at radius 3 is 2.44 bits per heavy atom. The average Bonchev–Trinajstić information content (AvgIpc) is 2.11. The number of carboxylic acids is 1. The van der Waals surface area contributed by atoms with E-state index in [1.165, 1.54) is 0 Å². The van der Waals surface area contributed by atoms with Crippen LogP contribution in [0.15, 0.2) is 12.2 Å². The number of urea groups is 1. The van der Waals surface area contributed by atoms with Crippen LogP contribution in [-0.4, -0.2) is 41.1 Å². The van der Waals surface area contributed by atoms with Crippen molar-refractivity contribution < 1.29 is 14.7 Å². The molecule has 92 valence electrons. The number of rotatable bonds is 6. The first-order chi connectivity index (χ1) is 7.36. The van der Waals surface area contributed by atoms with Crippen LogP contribution in [0.1, 0.15) is 27.2 Å². The summed E-state index contributed by atoms with van der Waals surface area (Å²) >= 11 is 0. The highest BCUT2D eigenvalue weighted by atomic mass is 16.4. The van der Waals surface area contributed by atoms with Crippen LogP contribution in [0.2, 0.25) is 0 Å². The number of hydrogen-bond acceptors (Lipinski definition) is 2. The van der Waals surface area contributed by atoms with Gasteiger partial charge < -0.3 is 15.3 Å². The van der Waals surface area contributed by atoms with Crippen molar-refractivity contribution in [3.63, 3.8) is 0 Å². The molecule has 5 heteroatoms. The van der Waals surface area contributed by atoms with Crippen LogP contribution < -0.4 is 5.32 Å². The lowest BCUT2D eigenvalue weighted by atomic mass is 10.2. The van der Waals surface area contributed by atoms with Gasteiger partial charge in [-0.25, -0.2) is 4.79 Å². The highest BCUT2D eigenvalue weighted by Gasteiger charge is 2.15. The van der Waals surface area contributed by atoms with E-state index in [1.54, 1.807) is 11.8 Å². The maximum Gasteiger partial charge on any atom is 0.317 e. The molecule has 0 aromatic heterocycles. The second-order valence-corrected chi connectivity index (χ2v) is 3.92. The Bertz CT molecular complexity index is 276. The summed E-state index contributed by atoms with van der Waals surface area (Å²) in [6.07, 6.45) is -0.0730. The summed E-state index contributed by atoms with van der Waals surface area (Å²) in [6, 6.07) is -0.622. The summed E-state index contributed by atoms with van der Waals surface area (Å²) in [7, 11) is 0. The minimum absolute atomic E-state index is 0.0730. The molecular weight excluding hydrogens is 208 g/mol. The molecule has 16 heavy (non-hydrogen) atoms. The normalized spacial score (nSPS) is 11.7. The van der Waals surface area contributed by atoms with E-state index in [4.69, 9.17) is 5.11 Å². The minimum Gasteiger partial charge on any atom is -0.481 e. The summed E-state index contributed by atoms with van der Waals surface area (Å²) in [5.41, 5.74) is 0.892. The van der Waals surface area contributed by atoms with Gasteiger partial charge in [0.2, 0.25) is 0 Å². The van der Waals surface area contributed by atoms with Crippen LogP contribution >= 0.6 is 0 Å². The molecule has 0 spiro atoms. The van der Waals surface area contributed by atoms with Crippen molar-refractivity contribution >= 4 is 12.0 Å². The average molecular weight is 228 g/mol. The minimum atomic E-state index is -0.921. The zero-order valence-corrected chi connectivity index (χ0v) is 10.1. The number of nitrogens with zero attached hydrogens (tertiary/aromatic N) is 1. The predicted molar refractivity (Wildman–Crippen MR) is 62.3 cm³/mol. The quantitative estimate of drug-likeness (QED) is 0.676. The van der Waals surface area contributed by atoms with E-state index in [0.717, 1.165) is 5.57 Å². The molecular formula is C11H20N2O3. The first-order valence-electron chi connectivity index (χ1n) is 5.28. The lowest BCUT2D eigenvalue weighted by Crippen LogP contribution is -2.44. The number of carboxylic acid groups (broad SMARTS) is 1. The standard InChI is InChI=1S/C11H20N2O3/c1-5-13(7-8(2)3)11(16)12-9(4)6-10(14)15/h9H,2,5-7H2,1,3-4H3,(H,12,16)(H,14,15). The van der Waals surface area contributed by atoms with Gasteiger partial charge in [-0.05, 0) is 20.8 Å². The van der Waals surface area contributed by atoms with E-state index in [1.807, 2.05) is 13.8 Å². The molecule has 0 rings (SSSR count). The van der Waals surface area contributed by atoms with E-state index in [2.05, 4.69) is 11.9 Å². The van der Waals surface area contributed by atoms with Crippen molar-refractivity contribution in [1.29, 1.82) is 0 Å². The van der Waals surface area contributed by atoms with Gasteiger partial charge in [0.25, 0.3) is 0 Å². The molecule has 0 saturated heterocycles. The van der Waals surface area contributed by atoms with Crippen LogP contribution in [0.4, 0.5) is 4.79 Å². The van der Waals surface area contributed by atoms with E-state index < -0.39 is 5.97 Å². The Hall–Kier alpha value is -1.52. The Morgan fingerprint density at radius 2 is 2.06 bits per heavy atom. The monoisotopic (exact) mass is 228 g/mol. The molecule has 0 fully saturated rings. The molecule has 0 aliphatic rings. The molecule has 2 amide bonds. The Labute approximate surface area is 96.1 Å². The van der Waals surface area contributed by atoms with Gasteiger partial charge in [0.15, 0.2) is 0 Å². The Kier molecular flexibility index (Phi) is 6.22. The highest BCUT2D eigenvalue weighted by Crippen LogP contribution is 1.98. The van der Waals surface area contributed by atoms with Gasteiger partial charge >= 0.3 is 12.0 Å². The third-order valence-corrected chi connectivity index (χ3v) is 1.98. The molecule has 0 aromatic rings. The van der Waals surface area contributed by atoms with Crippen LogP contribution in [0.5, 0.6) is 0 Å². The van der Waals surface area contributed by atoms with Crippen molar-refractivity contribution in [2.75, 3.05) is 13.1 Å². The van der Waals surface area contributed by atoms with Gasteiger partial charge in [0.1, 0.15) is 0 Å². The Balaban J connectivity index is 4.20. The second-order valence-electron chi connectivity index (χ2n) is 3.92. The smallest absolute Gasteiger partial charge is 0.317 e. The third-order valence-electron chi connectivity index (χ3n) is 1.98. The third kappa shape index (κ3) is 6.06. The highest BCUT2D eigenvalue weighted by molar-refractivity contribution is 5.76. The van der Waals surface area contributed by atoms with Gasteiger partial charge in [-0.1, -0.05) is 12.2 Å². The summed E-state index contributed by atoms with van der Waals surface area (Å²) in [5.74, 6) is -0.921. The zero-order chi connectivity index (χ0) is 12.7. The van der Waals surface area contributed by atoms with Crippen LogP contribution in [0.3, 0.4) is 0 Å². The summed E-state index contributed by atoms with van der Waals surface area (Å²) in [4.78, 5) is 23.7. The van der Waals surface area contributed by atoms with E-state index in [9.17, 15) is 9.59 Å². The molecule has 0 heterocycles. The predicted octanol–water partition coefficient (Wildman–Crippen LogP) is 1.46. The van der Waals surface area contributed by atoms with Crippen LogP contribution in [0, 0.1) is 0 Å². The largest absolute Gasteiger partial charge is 0.481 e. The summed E-state index contributed by atoms with van der Waals surface area (Å²) in [6.45, 7) is 10.2. The lowest BCUT2D eigenvalue weighted by molar-refractivity contribution is -0.137. The van der Waals surface area contributed by atoms with Crippen molar-refractivity contribution in [1.82, 2.24) is 10.2 Å². The van der Waals surface area contributed by atoms with Gasteiger partial charge in [0, 0.05) is 19.1 Å². The van der Waals surface area contributed by atoms with Crippen LogP contribution in [0.25, 0.3) is 0 Å².